The van der Waals surface area contributed by atoms with Crippen LogP contribution in [0, 0.1) is 12.8 Å². The lowest BCUT2D eigenvalue weighted by atomic mass is 10.0. The molecule has 5 rings (SSSR count). The number of nitrogens with zero attached hydrogens (tertiary/aromatic N) is 2. The van der Waals surface area contributed by atoms with Gasteiger partial charge in [0, 0.05) is 25.7 Å². The van der Waals surface area contributed by atoms with Crippen molar-refractivity contribution in [3.8, 4) is 11.5 Å². The Hall–Kier alpha value is -3.04. The fraction of sp³-hybridized carbons (Fsp3) is 0.483. The van der Waals surface area contributed by atoms with Crippen molar-refractivity contribution in [1.82, 2.24) is 15.1 Å². The summed E-state index contributed by atoms with van der Waals surface area (Å²) in [6.45, 7) is 3.17. The van der Waals surface area contributed by atoms with Gasteiger partial charge in [-0.25, -0.2) is 0 Å². The number of nitrogens with one attached hydrogen (secondary N) is 1. The minimum Gasteiger partial charge on any atom is -0.457 e. The molecule has 1 saturated carbocycles. The van der Waals surface area contributed by atoms with E-state index in [9.17, 15) is 14.4 Å². The molecule has 2 aromatic carbocycles. The zero-order chi connectivity index (χ0) is 26.6. The summed E-state index contributed by atoms with van der Waals surface area (Å²) in [6.07, 6.45) is 2.92. The van der Waals surface area contributed by atoms with Crippen LogP contribution >= 0.6 is 11.8 Å². The molecule has 4 bridgehead atoms. The molecule has 2 aliphatic heterocycles. The number of amides is 3. The van der Waals surface area contributed by atoms with Crippen LogP contribution < -0.4 is 10.1 Å². The molecular weight excluding hydrogens is 502 g/mol. The second kappa shape index (κ2) is 11.8. The SMILES string of the molecule is Cc1ccc2cc1Oc1cccc(c1)CO[C@@H]1CCN(C(=O)CSCC3CC3)C[C@@H]1NC(=O)CN(C)C2=O. The Bertz CT molecular complexity index is 1200. The number of rotatable bonds is 4. The van der Waals surface area contributed by atoms with Crippen molar-refractivity contribution in [2.75, 3.05) is 38.2 Å². The van der Waals surface area contributed by atoms with E-state index in [0.717, 1.165) is 22.8 Å². The average Bonchev–Trinajstić information content (AvgIpc) is 3.73. The largest absolute Gasteiger partial charge is 0.457 e. The molecule has 2 fully saturated rings. The van der Waals surface area contributed by atoms with Crippen LogP contribution in [0.2, 0.25) is 0 Å². The number of carbonyl (C=O) groups excluding carboxylic acids is 3. The predicted octanol–water partition coefficient (Wildman–Crippen LogP) is 3.62. The van der Waals surface area contributed by atoms with Crippen molar-refractivity contribution in [3.63, 3.8) is 0 Å². The number of ether oxygens (including phenoxy) is 2. The van der Waals surface area contributed by atoms with Gasteiger partial charge in [-0.1, -0.05) is 18.2 Å². The van der Waals surface area contributed by atoms with Crippen LogP contribution in [-0.4, -0.2) is 77.9 Å². The molecule has 2 heterocycles. The highest BCUT2D eigenvalue weighted by molar-refractivity contribution is 7.99. The summed E-state index contributed by atoms with van der Waals surface area (Å²) in [7, 11) is 1.61. The number of benzene rings is 2. The van der Waals surface area contributed by atoms with Gasteiger partial charge in [-0.2, -0.15) is 11.8 Å². The van der Waals surface area contributed by atoms with Gasteiger partial charge in [0.1, 0.15) is 11.5 Å². The summed E-state index contributed by atoms with van der Waals surface area (Å²) in [6, 6.07) is 12.6. The van der Waals surface area contributed by atoms with Gasteiger partial charge in [0.2, 0.25) is 11.8 Å². The minimum atomic E-state index is -0.365. The van der Waals surface area contributed by atoms with Crippen LogP contribution in [0.3, 0.4) is 0 Å². The Balaban J connectivity index is 1.34. The van der Waals surface area contributed by atoms with Crippen LogP contribution in [0.5, 0.6) is 11.5 Å². The van der Waals surface area contributed by atoms with E-state index in [1.165, 1.54) is 17.7 Å². The zero-order valence-electron chi connectivity index (χ0n) is 22.0. The Morgan fingerprint density at radius 1 is 1.13 bits per heavy atom. The molecule has 0 spiro atoms. The van der Waals surface area contributed by atoms with E-state index >= 15 is 0 Å². The standard InChI is InChI=1S/C29H35N3O5S/c1-19-6-9-22-13-26(19)37-23-5-3-4-21(12-23)16-36-25-10-11-32(28(34)18-38-17-20-7-8-20)14-24(25)30-27(33)15-31(2)29(22)35/h3-6,9,12-13,20,24-25H,7-8,10-11,14-18H2,1-2H3,(H,30,33)/t24-,25+/m0/s1. The molecule has 2 atom stereocenters. The van der Waals surface area contributed by atoms with Gasteiger partial charge in [0.15, 0.2) is 0 Å². The summed E-state index contributed by atoms with van der Waals surface area (Å²) in [5, 5.41) is 3.06. The molecule has 3 amide bonds. The van der Waals surface area contributed by atoms with Gasteiger partial charge in [0.25, 0.3) is 5.91 Å². The number of hydrogen-bond donors (Lipinski definition) is 1. The molecule has 0 aromatic heterocycles. The van der Waals surface area contributed by atoms with E-state index in [1.807, 2.05) is 42.2 Å². The Morgan fingerprint density at radius 2 is 1.97 bits per heavy atom. The summed E-state index contributed by atoms with van der Waals surface area (Å²) in [5.41, 5.74) is 2.29. The molecular formula is C29H35N3O5S. The second-order valence-electron chi connectivity index (χ2n) is 10.5. The summed E-state index contributed by atoms with van der Waals surface area (Å²) in [5.74, 6) is 3.07. The number of likely N-dealkylation sites (N-methyl/N-ethyl adjacent to an activating group) is 1. The number of carbonyl (C=O) groups is 3. The van der Waals surface area contributed by atoms with Crippen LogP contribution in [-0.2, 0) is 20.9 Å². The van der Waals surface area contributed by atoms with Crippen LogP contribution in [0.15, 0.2) is 42.5 Å². The molecule has 1 aliphatic carbocycles. The second-order valence-corrected chi connectivity index (χ2v) is 11.5. The van der Waals surface area contributed by atoms with E-state index in [1.54, 1.807) is 30.9 Å². The number of hydrogen-bond acceptors (Lipinski definition) is 6. The van der Waals surface area contributed by atoms with Gasteiger partial charge in [0.05, 0.1) is 31.1 Å². The molecule has 8 nitrogen and oxygen atoms in total. The topological polar surface area (TPSA) is 88.2 Å². The lowest BCUT2D eigenvalue weighted by Crippen LogP contribution is -2.58. The van der Waals surface area contributed by atoms with E-state index in [-0.39, 0.29) is 36.4 Å². The lowest BCUT2D eigenvalue weighted by molar-refractivity contribution is -0.135. The first-order chi connectivity index (χ1) is 18.4. The number of likely N-dealkylation sites (tertiary alicyclic amines) is 1. The molecule has 202 valence electrons. The van der Waals surface area contributed by atoms with Crippen LogP contribution in [0.25, 0.3) is 0 Å². The Morgan fingerprint density at radius 3 is 2.79 bits per heavy atom. The zero-order valence-corrected chi connectivity index (χ0v) is 22.8. The third-order valence-corrected chi connectivity index (χ3v) is 8.44. The van der Waals surface area contributed by atoms with E-state index in [2.05, 4.69) is 5.32 Å². The molecule has 1 saturated heterocycles. The van der Waals surface area contributed by atoms with Crippen molar-refractivity contribution in [3.05, 3.63) is 59.2 Å². The third-order valence-electron chi connectivity index (χ3n) is 7.28. The van der Waals surface area contributed by atoms with Crippen molar-refractivity contribution >= 4 is 29.5 Å². The summed E-state index contributed by atoms with van der Waals surface area (Å²) < 4.78 is 12.4. The first-order valence-electron chi connectivity index (χ1n) is 13.2. The molecule has 1 N–H and O–H groups in total. The van der Waals surface area contributed by atoms with Crippen molar-refractivity contribution in [2.24, 2.45) is 5.92 Å². The third kappa shape index (κ3) is 6.69. The monoisotopic (exact) mass is 537 g/mol. The highest BCUT2D eigenvalue weighted by Crippen LogP contribution is 2.32. The highest BCUT2D eigenvalue weighted by atomic mass is 32.2. The highest BCUT2D eigenvalue weighted by Gasteiger charge is 2.34. The molecule has 9 heteroatoms. The van der Waals surface area contributed by atoms with Gasteiger partial charge in [-0.15, -0.1) is 0 Å². The molecule has 38 heavy (non-hydrogen) atoms. The normalized spacial score (nSPS) is 22.4. The number of fused-ring (bicyclic) bond motifs is 5. The maximum atomic E-state index is 13.1. The molecule has 0 radical (unpaired) electrons. The number of thioether (sulfide) groups is 1. The van der Waals surface area contributed by atoms with Gasteiger partial charge >= 0.3 is 0 Å². The minimum absolute atomic E-state index is 0.0998. The quantitative estimate of drug-likeness (QED) is 0.641. The number of aryl methyl sites for hydroxylation is 1. The first kappa shape index (κ1) is 26.6. The van der Waals surface area contributed by atoms with Crippen LogP contribution in [0.1, 0.15) is 40.7 Å². The van der Waals surface area contributed by atoms with E-state index in [0.29, 0.717) is 48.9 Å². The summed E-state index contributed by atoms with van der Waals surface area (Å²) >= 11 is 1.70. The first-order valence-corrected chi connectivity index (χ1v) is 14.4. The Kier molecular flexibility index (Phi) is 8.24. The smallest absolute Gasteiger partial charge is 0.254 e. The fourth-order valence-electron chi connectivity index (χ4n) is 4.82. The van der Waals surface area contributed by atoms with Crippen molar-refractivity contribution < 1.29 is 23.9 Å². The maximum Gasteiger partial charge on any atom is 0.254 e. The lowest BCUT2D eigenvalue weighted by Gasteiger charge is -2.39. The average molecular weight is 538 g/mol. The van der Waals surface area contributed by atoms with Crippen molar-refractivity contribution in [1.29, 1.82) is 0 Å². The fourth-order valence-corrected chi connectivity index (χ4v) is 5.96. The molecule has 0 unspecified atom stereocenters. The van der Waals surface area contributed by atoms with E-state index in [4.69, 9.17) is 9.47 Å². The molecule has 3 aliphatic rings. The van der Waals surface area contributed by atoms with E-state index < -0.39 is 0 Å². The Labute approximate surface area is 228 Å². The van der Waals surface area contributed by atoms with Gasteiger partial charge < -0.3 is 24.6 Å². The maximum absolute atomic E-state index is 13.1. The molecule has 2 aromatic rings. The van der Waals surface area contributed by atoms with Gasteiger partial charge in [-0.05, 0) is 73.2 Å². The number of piperidine rings is 1. The van der Waals surface area contributed by atoms with Gasteiger partial charge in [-0.3, -0.25) is 14.4 Å². The summed E-state index contributed by atoms with van der Waals surface area (Å²) in [4.78, 5) is 42.3. The van der Waals surface area contributed by atoms with Crippen LogP contribution in [0.4, 0.5) is 0 Å². The van der Waals surface area contributed by atoms with Crippen molar-refractivity contribution in [2.45, 2.75) is 44.9 Å². The predicted molar refractivity (Wildman–Crippen MR) is 146 cm³/mol.